The quantitative estimate of drug-likeness (QED) is 0.468. The number of hydrogen-bond donors (Lipinski definition) is 0. The third-order valence-corrected chi connectivity index (χ3v) is 7.65. The average Bonchev–Trinajstić information content (AvgIpc) is 3.22. The first kappa shape index (κ1) is 23.2. The number of carbonyl (C=O) groups is 1. The topological polar surface area (TPSA) is 66.9 Å². The van der Waals surface area contributed by atoms with Crippen molar-refractivity contribution in [1.82, 2.24) is 9.37 Å². The summed E-state index contributed by atoms with van der Waals surface area (Å²) in [5.41, 5.74) is 2.91. The zero-order chi connectivity index (χ0) is 23.3. The molecule has 0 radical (unpaired) electrons. The number of amides is 1. The lowest BCUT2D eigenvalue weighted by atomic mass is 10.1. The van der Waals surface area contributed by atoms with E-state index in [-0.39, 0.29) is 24.0 Å². The van der Waals surface area contributed by atoms with Gasteiger partial charge >= 0.3 is 0 Å². The van der Waals surface area contributed by atoms with Gasteiger partial charge in [-0.25, -0.2) is 13.5 Å². The number of hydroxylamine groups is 2. The van der Waals surface area contributed by atoms with Crippen molar-refractivity contribution in [3.63, 3.8) is 0 Å². The molecular formula is C26H28N2O4S. The van der Waals surface area contributed by atoms with E-state index in [1.54, 1.807) is 24.3 Å². The van der Waals surface area contributed by atoms with Crippen LogP contribution in [0, 0.1) is 0 Å². The second kappa shape index (κ2) is 10.3. The molecule has 0 unspecified atom stereocenters. The van der Waals surface area contributed by atoms with Gasteiger partial charge in [-0.15, -0.1) is 0 Å². The van der Waals surface area contributed by atoms with Crippen LogP contribution in [0.5, 0.6) is 0 Å². The lowest BCUT2D eigenvalue weighted by Gasteiger charge is -2.27. The highest BCUT2D eigenvalue weighted by atomic mass is 32.2. The van der Waals surface area contributed by atoms with Gasteiger partial charge in [0.15, 0.2) is 0 Å². The number of nitrogens with zero attached hydrogens (tertiary/aromatic N) is 2. The molecule has 1 fully saturated rings. The van der Waals surface area contributed by atoms with Gasteiger partial charge in [0.05, 0.1) is 11.4 Å². The maximum Gasteiger partial charge on any atom is 0.264 e. The van der Waals surface area contributed by atoms with Gasteiger partial charge in [0.2, 0.25) is 10.0 Å². The fourth-order valence-corrected chi connectivity index (χ4v) is 5.72. The molecule has 172 valence electrons. The van der Waals surface area contributed by atoms with E-state index in [2.05, 4.69) is 0 Å². The Morgan fingerprint density at radius 3 is 2.15 bits per heavy atom. The molecule has 1 aliphatic heterocycles. The Labute approximate surface area is 195 Å². The first-order chi connectivity index (χ1) is 16.0. The Bertz CT molecular complexity index is 1170. The summed E-state index contributed by atoms with van der Waals surface area (Å²) in [6, 6.07) is 25.4. The highest BCUT2D eigenvalue weighted by Gasteiger charge is 2.42. The molecule has 1 saturated heterocycles. The molecule has 0 spiro atoms. The van der Waals surface area contributed by atoms with Crippen molar-refractivity contribution in [3.05, 3.63) is 90.5 Å². The lowest BCUT2D eigenvalue weighted by molar-refractivity contribution is -0.184. The van der Waals surface area contributed by atoms with Crippen LogP contribution in [-0.4, -0.2) is 42.8 Å². The molecule has 0 aliphatic carbocycles. The number of carbonyl (C=O) groups excluding carboxylic acids is 1. The van der Waals surface area contributed by atoms with Gasteiger partial charge < -0.3 is 0 Å². The van der Waals surface area contributed by atoms with Crippen molar-refractivity contribution in [3.8, 4) is 11.1 Å². The van der Waals surface area contributed by atoms with E-state index in [0.29, 0.717) is 19.4 Å². The molecule has 1 aliphatic rings. The smallest absolute Gasteiger partial charge is 0.264 e. The lowest BCUT2D eigenvalue weighted by Crippen LogP contribution is -2.45. The van der Waals surface area contributed by atoms with E-state index in [1.165, 1.54) is 9.37 Å². The van der Waals surface area contributed by atoms with Crippen LogP contribution in [0.25, 0.3) is 11.1 Å². The summed E-state index contributed by atoms with van der Waals surface area (Å²) < 4.78 is 28.3. The van der Waals surface area contributed by atoms with Gasteiger partial charge in [0, 0.05) is 6.54 Å². The summed E-state index contributed by atoms with van der Waals surface area (Å²) >= 11 is 0. The normalized spacial score (nSPS) is 16.5. The maximum absolute atomic E-state index is 13.5. The van der Waals surface area contributed by atoms with E-state index < -0.39 is 16.1 Å². The predicted octanol–water partition coefficient (Wildman–Crippen LogP) is 4.49. The van der Waals surface area contributed by atoms with Gasteiger partial charge in [0.25, 0.3) is 5.91 Å². The molecule has 33 heavy (non-hydrogen) atoms. The third kappa shape index (κ3) is 5.16. The van der Waals surface area contributed by atoms with Crippen molar-refractivity contribution >= 4 is 15.9 Å². The Balaban J connectivity index is 1.50. The summed E-state index contributed by atoms with van der Waals surface area (Å²) in [6.45, 7) is 2.80. The zero-order valence-corrected chi connectivity index (χ0v) is 19.4. The summed E-state index contributed by atoms with van der Waals surface area (Å²) in [7, 11) is -3.84. The molecule has 0 bridgehead atoms. The van der Waals surface area contributed by atoms with Crippen LogP contribution in [0.3, 0.4) is 0 Å². The maximum atomic E-state index is 13.5. The van der Waals surface area contributed by atoms with E-state index in [0.717, 1.165) is 16.7 Å². The van der Waals surface area contributed by atoms with E-state index in [1.807, 2.05) is 67.6 Å². The molecule has 7 heteroatoms. The molecule has 0 saturated carbocycles. The Morgan fingerprint density at radius 1 is 0.909 bits per heavy atom. The van der Waals surface area contributed by atoms with Crippen molar-refractivity contribution < 1.29 is 18.0 Å². The summed E-state index contributed by atoms with van der Waals surface area (Å²) in [5, 5.41) is 1.30. The van der Waals surface area contributed by atoms with Crippen LogP contribution in [-0.2, 0) is 26.3 Å². The molecule has 0 aromatic heterocycles. The monoisotopic (exact) mass is 464 g/mol. The van der Waals surface area contributed by atoms with Crippen LogP contribution in [0.15, 0.2) is 89.8 Å². The molecular weight excluding hydrogens is 436 g/mol. The van der Waals surface area contributed by atoms with Gasteiger partial charge in [-0.1, -0.05) is 79.7 Å². The fourth-order valence-electron chi connectivity index (χ4n) is 4.01. The van der Waals surface area contributed by atoms with Crippen molar-refractivity contribution in [1.29, 1.82) is 0 Å². The Morgan fingerprint density at radius 2 is 1.52 bits per heavy atom. The minimum absolute atomic E-state index is 0.187. The van der Waals surface area contributed by atoms with Crippen LogP contribution in [0.1, 0.15) is 25.3 Å². The van der Waals surface area contributed by atoms with Gasteiger partial charge in [-0.3, -0.25) is 9.63 Å². The fraction of sp³-hybridized carbons (Fsp3) is 0.269. The minimum Gasteiger partial charge on any atom is -0.271 e. The number of benzene rings is 3. The average molecular weight is 465 g/mol. The van der Waals surface area contributed by atoms with E-state index >= 15 is 0 Å². The van der Waals surface area contributed by atoms with Crippen molar-refractivity contribution in [2.45, 2.75) is 37.3 Å². The molecule has 1 amide bonds. The van der Waals surface area contributed by atoms with Crippen LogP contribution in [0.4, 0.5) is 0 Å². The molecule has 0 N–H and O–H groups in total. The van der Waals surface area contributed by atoms with Gasteiger partial charge in [0.1, 0.15) is 12.6 Å². The first-order valence-electron chi connectivity index (χ1n) is 11.2. The third-order valence-electron chi connectivity index (χ3n) is 5.73. The second-order valence-corrected chi connectivity index (χ2v) is 9.90. The standard InChI is InChI=1S/C26H28N2O4S/c1-2-18-28(25-17-19-27(26(25)29)32-20-21-9-5-3-6-10-21)33(30,31)24-15-13-23(14-16-24)22-11-7-4-8-12-22/h3-16,25H,2,17-20H2,1H3/t25-/m1/s1. The summed E-state index contributed by atoms with van der Waals surface area (Å²) in [6.07, 6.45) is 1.00. The van der Waals surface area contributed by atoms with E-state index in [4.69, 9.17) is 4.84 Å². The van der Waals surface area contributed by atoms with Gasteiger partial charge in [-0.05, 0) is 41.7 Å². The largest absolute Gasteiger partial charge is 0.271 e. The van der Waals surface area contributed by atoms with Crippen LogP contribution in [0.2, 0.25) is 0 Å². The number of rotatable bonds is 9. The van der Waals surface area contributed by atoms with Gasteiger partial charge in [-0.2, -0.15) is 4.31 Å². The van der Waals surface area contributed by atoms with Crippen molar-refractivity contribution in [2.75, 3.05) is 13.1 Å². The van der Waals surface area contributed by atoms with E-state index in [9.17, 15) is 13.2 Å². The highest BCUT2D eigenvalue weighted by molar-refractivity contribution is 7.89. The zero-order valence-electron chi connectivity index (χ0n) is 18.6. The SMILES string of the molecule is CCCN([C@@H]1CCN(OCc2ccccc2)C1=O)S(=O)(=O)c1ccc(-c2ccccc2)cc1. The molecule has 6 nitrogen and oxygen atoms in total. The summed E-state index contributed by atoms with van der Waals surface area (Å²) in [4.78, 5) is 18.9. The predicted molar refractivity (Wildman–Crippen MR) is 127 cm³/mol. The summed E-state index contributed by atoms with van der Waals surface area (Å²) in [5.74, 6) is -0.316. The second-order valence-electron chi connectivity index (χ2n) is 8.01. The first-order valence-corrected chi connectivity index (χ1v) is 12.6. The Kier molecular flexibility index (Phi) is 7.23. The molecule has 3 aromatic rings. The highest BCUT2D eigenvalue weighted by Crippen LogP contribution is 2.27. The Hall–Kier alpha value is -3.00. The molecule has 1 atom stereocenters. The molecule has 4 rings (SSSR count). The van der Waals surface area contributed by atoms with Crippen LogP contribution >= 0.6 is 0 Å². The number of hydrogen-bond acceptors (Lipinski definition) is 4. The molecule has 3 aromatic carbocycles. The minimum atomic E-state index is -3.84. The molecule has 1 heterocycles. The van der Waals surface area contributed by atoms with Crippen molar-refractivity contribution in [2.24, 2.45) is 0 Å². The van der Waals surface area contributed by atoms with Crippen LogP contribution < -0.4 is 0 Å². The number of sulfonamides is 1.